The molecular formula is C19H33NO. The largest absolute Gasteiger partial charge is 0.306 e. The lowest BCUT2D eigenvalue weighted by atomic mass is 10.1. The Morgan fingerprint density at radius 3 is 2.48 bits per heavy atom. The van der Waals surface area contributed by atoms with Crippen LogP contribution in [0.15, 0.2) is 23.8 Å². The van der Waals surface area contributed by atoms with E-state index in [-0.39, 0.29) is 5.92 Å². The number of hydrogen-bond donors (Lipinski definition) is 0. The van der Waals surface area contributed by atoms with Gasteiger partial charge in [0.1, 0.15) is 6.29 Å². The molecule has 1 atom stereocenters. The van der Waals surface area contributed by atoms with E-state index >= 15 is 0 Å². The van der Waals surface area contributed by atoms with Gasteiger partial charge in [0.25, 0.3) is 0 Å². The highest BCUT2D eigenvalue weighted by molar-refractivity contribution is 5.52. The molecular weight excluding hydrogens is 258 g/mol. The van der Waals surface area contributed by atoms with E-state index in [2.05, 4.69) is 37.8 Å². The molecule has 0 heterocycles. The lowest BCUT2D eigenvalue weighted by Crippen LogP contribution is -2.22. The standard InChI is InChI=1S/C13H25NO.C6H8/c1-5-6-12(2)7-9-14(4)10-8-13(3)11-15;1-3-5-6-4-2/h6,11,13H,5,7-10H2,1-4H3;1,4,6H,5H2,2H3/b12-6+;6-4-. The van der Waals surface area contributed by atoms with Crippen molar-refractivity contribution in [2.24, 2.45) is 5.92 Å². The van der Waals surface area contributed by atoms with Gasteiger partial charge in [0.2, 0.25) is 0 Å². The van der Waals surface area contributed by atoms with Gasteiger partial charge in [-0.15, -0.1) is 12.3 Å². The van der Waals surface area contributed by atoms with Crippen LogP contribution in [-0.4, -0.2) is 31.3 Å². The summed E-state index contributed by atoms with van der Waals surface area (Å²) in [7, 11) is 2.12. The minimum Gasteiger partial charge on any atom is -0.306 e. The molecule has 2 nitrogen and oxygen atoms in total. The second kappa shape index (κ2) is 16.7. The van der Waals surface area contributed by atoms with Gasteiger partial charge in [-0.25, -0.2) is 0 Å². The van der Waals surface area contributed by atoms with E-state index in [0.29, 0.717) is 0 Å². The van der Waals surface area contributed by atoms with Crippen LogP contribution in [0, 0.1) is 18.3 Å². The average molecular weight is 291 g/mol. The molecule has 0 aromatic heterocycles. The molecule has 0 spiro atoms. The maximum atomic E-state index is 10.4. The van der Waals surface area contributed by atoms with E-state index in [9.17, 15) is 4.79 Å². The Morgan fingerprint density at radius 1 is 1.38 bits per heavy atom. The van der Waals surface area contributed by atoms with E-state index in [1.165, 1.54) is 5.57 Å². The Labute approximate surface area is 132 Å². The highest BCUT2D eigenvalue weighted by atomic mass is 16.1. The zero-order valence-electron chi connectivity index (χ0n) is 14.6. The molecule has 0 aliphatic heterocycles. The molecule has 2 heteroatoms. The van der Waals surface area contributed by atoms with Crippen molar-refractivity contribution in [2.75, 3.05) is 20.1 Å². The second-order valence-corrected chi connectivity index (χ2v) is 5.39. The molecule has 0 amide bonds. The van der Waals surface area contributed by atoms with Crippen molar-refractivity contribution in [2.45, 2.75) is 53.4 Å². The first kappa shape index (κ1) is 22.0. The van der Waals surface area contributed by atoms with Crippen LogP contribution in [-0.2, 0) is 4.79 Å². The van der Waals surface area contributed by atoms with Gasteiger partial charge in [-0.3, -0.25) is 0 Å². The van der Waals surface area contributed by atoms with Crippen molar-refractivity contribution >= 4 is 6.29 Å². The zero-order chi connectivity index (χ0) is 16.5. The first-order chi connectivity index (χ1) is 10.0. The van der Waals surface area contributed by atoms with Crippen molar-refractivity contribution in [1.29, 1.82) is 0 Å². The van der Waals surface area contributed by atoms with Crippen LogP contribution in [0.1, 0.15) is 53.4 Å². The lowest BCUT2D eigenvalue weighted by molar-refractivity contribution is -0.110. The van der Waals surface area contributed by atoms with Crippen LogP contribution in [0.5, 0.6) is 0 Å². The first-order valence-electron chi connectivity index (χ1n) is 7.85. The fraction of sp³-hybridized carbons (Fsp3) is 0.632. The predicted molar refractivity (Wildman–Crippen MR) is 94.3 cm³/mol. The molecule has 0 aromatic rings. The van der Waals surface area contributed by atoms with Crippen molar-refractivity contribution in [1.82, 2.24) is 4.90 Å². The third-order valence-electron chi connectivity index (χ3n) is 3.11. The van der Waals surface area contributed by atoms with E-state index in [1.54, 1.807) is 0 Å². The summed E-state index contributed by atoms with van der Waals surface area (Å²) >= 11 is 0. The number of terminal acetylenes is 1. The summed E-state index contributed by atoms with van der Waals surface area (Å²) in [6, 6.07) is 0. The third-order valence-corrected chi connectivity index (χ3v) is 3.11. The molecule has 0 bridgehead atoms. The molecule has 1 unspecified atom stereocenters. The monoisotopic (exact) mass is 291 g/mol. The Bertz CT molecular complexity index is 336. The molecule has 21 heavy (non-hydrogen) atoms. The molecule has 0 aliphatic carbocycles. The maximum absolute atomic E-state index is 10.4. The Balaban J connectivity index is 0. The number of carbonyl (C=O) groups is 1. The van der Waals surface area contributed by atoms with Crippen LogP contribution in [0.2, 0.25) is 0 Å². The highest BCUT2D eigenvalue weighted by Gasteiger charge is 2.03. The normalized spacial score (nSPS) is 12.7. The van der Waals surface area contributed by atoms with Crippen LogP contribution in [0.3, 0.4) is 0 Å². The van der Waals surface area contributed by atoms with Crippen LogP contribution in [0.4, 0.5) is 0 Å². The third kappa shape index (κ3) is 18.7. The SMILES string of the molecule is C#CC/C=C\C.CC/C=C(\C)CCN(C)CCC(C)C=O. The molecule has 0 saturated carbocycles. The summed E-state index contributed by atoms with van der Waals surface area (Å²) in [6.45, 7) is 10.4. The van der Waals surface area contributed by atoms with Gasteiger partial charge in [0, 0.05) is 18.9 Å². The van der Waals surface area contributed by atoms with E-state index in [4.69, 9.17) is 6.42 Å². The lowest BCUT2D eigenvalue weighted by Gasteiger charge is -2.17. The molecule has 0 rings (SSSR count). The van der Waals surface area contributed by atoms with Gasteiger partial charge in [-0.1, -0.05) is 37.6 Å². The molecule has 0 aromatic carbocycles. The molecule has 0 N–H and O–H groups in total. The van der Waals surface area contributed by atoms with Gasteiger partial charge in [-0.2, -0.15) is 0 Å². The second-order valence-electron chi connectivity index (χ2n) is 5.39. The average Bonchev–Trinajstić information content (AvgIpc) is 2.49. The first-order valence-corrected chi connectivity index (χ1v) is 7.85. The zero-order valence-corrected chi connectivity index (χ0v) is 14.6. The quantitative estimate of drug-likeness (QED) is 0.355. The Kier molecular flexibility index (Phi) is 17.5. The van der Waals surface area contributed by atoms with Crippen molar-refractivity contribution in [3.63, 3.8) is 0 Å². The van der Waals surface area contributed by atoms with Gasteiger partial charge < -0.3 is 9.69 Å². The van der Waals surface area contributed by atoms with Gasteiger partial charge >= 0.3 is 0 Å². The van der Waals surface area contributed by atoms with Crippen LogP contribution >= 0.6 is 0 Å². The molecule has 0 radical (unpaired) electrons. The fourth-order valence-electron chi connectivity index (χ4n) is 1.61. The maximum Gasteiger partial charge on any atom is 0.122 e. The number of nitrogens with zero attached hydrogens (tertiary/aromatic N) is 1. The van der Waals surface area contributed by atoms with Crippen molar-refractivity contribution < 1.29 is 4.79 Å². The molecule has 0 fully saturated rings. The predicted octanol–water partition coefficient (Wildman–Crippen LogP) is 4.48. The topological polar surface area (TPSA) is 20.3 Å². The number of rotatable bonds is 9. The summed E-state index contributed by atoms with van der Waals surface area (Å²) < 4.78 is 0. The summed E-state index contributed by atoms with van der Waals surface area (Å²) in [5.74, 6) is 2.68. The highest BCUT2D eigenvalue weighted by Crippen LogP contribution is 2.04. The molecule has 0 saturated heterocycles. The van der Waals surface area contributed by atoms with Gasteiger partial charge in [0.15, 0.2) is 0 Å². The molecule has 120 valence electrons. The van der Waals surface area contributed by atoms with Gasteiger partial charge in [-0.05, 0) is 46.7 Å². The van der Waals surface area contributed by atoms with Crippen molar-refractivity contribution in [3.8, 4) is 12.3 Å². The van der Waals surface area contributed by atoms with Crippen LogP contribution < -0.4 is 0 Å². The molecule has 0 aliphatic rings. The summed E-state index contributed by atoms with van der Waals surface area (Å²) in [6.07, 6.45) is 16.1. The smallest absolute Gasteiger partial charge is 0.122 e. The number of carbonyl (C=O) groups excluding carboxylic acids is 1. The fourth-order valence-corrected chi connectivity index (χ4v) is 1.61. The number of allylic oxidation sites excluding steroid dienone is 3. The number of aldehydes is 1. The summed E-state index contributed by atoms with van der Waals surface area (Å²) in [4.78, 5) is 12.7. The Morgan fingerprint density at radius 2 is 2.05 bits per heavy atom. The Hall–Kier alpha value is -1.33. The summed E-state index contributed by atoms with van der Waals surface area (Å²) in [5.41, 5.74) is 1.47. The summed E-state index contributed by atoms with van der Waals surface area (Å²) in [5, 5.41) is 0. The minimum atomic E-state index is 0.194. The van der Waals surface area contributed by atoms with Crippen molar-refractivity contribution in [3.05, 3.63) is 23.8 Å². The van der Waals surface area contributed by atoms with E-state index in [1.807, 2.05) is 26.0 Å². The van der Waals surface area contributed by atoms with Crippen LogP contribution in [0.25, 0.3) is 0 Å². The minimum absolute atomic E-state index is 0.194. The van der Waals surface area contributed by atoms with E-state index < -0.39 is 0 Å². The van der Waals surface area contributed by atoms with E-state index in [0.717, 1.165) is 45.1 Å². The number of hydrogen-bond acceptors (Lipinski definition) is 2. The van der Waals surface area contributed by atoms with Gasteiger partial charge in [0.05, 0.1) is 0 Å².